The second-order valence-corrected chi connectivity index (χ2v) is 6.77. The number of amides is 1. The summed E-state index contributed by atoms with van der Waals surface area (Å²) in [6.07, 6.45) is 0. The van der Waals surface area contributed by atoms with Crippen molar-refractivity contribution in [1.82, 2.24) is 15.0 Å². The molecule has 0 fully saturated rings. The predicted molar refractivity (Wildman–Crippen MR) is 110 cm³/mol. The maximum Gasteiger partial charge on any atom is 0.234 e. The average molecular weight is 380 g/mol. The number of thioether (sulfide) groups is 1. The minimum atomic E-state index is -0.0773. The van der Waals surface area contributed by atoms with Crippen LogP contribution in [0.1, 0.15) is 11.4 Å². The van der Waals surface area contributed by atoms with Crippen molar-refractivity contribution < 1.29 is 4.79 Å². The summed E-state index contributed by atoms with van der Waals surface area (Å²) in [5.74, 6) is 1.73. The molecule has 0 atom stereocenters. The van der Waals surface area contributed by atoms with Crippen LogP contribution in [0, 0.1) is 6.92 Å². The van der Waals surface area contributed by atoms with E-state index in [0.717, 1.165) is 16.9 Å². The molecule has 1 heterocycles. The SMILES string of the molecule is Cc1ccccc1Nc1nc(N)nc(CSCC(=O)Nc2ccccc2)n1. The Bertz CT molecular complexity index is 919. The van der Waals surface area contributed by atoms with Gasteiger partial charge < -0.3 is 16.4 Å². The molecule has 0 aliphatic carbocycles. The van der Waals surface area contributed by atoms with Crippen LogP contribution < -0.4 is 16.4 Å². The molecule has 1 aromatic heterocycles. The number of nitrogens with zero attached hydrogens (tertiary/aromatic N) is 3. The van der Waals surface area contributed by atoms with Crippen LogP contribution in [0.3, 0.4) is 0 Å². The van der Waals surface area contributed by atoms with Gasteiger partial charge in [-0.3, -0.25) is 4.79 Å². The first-order valence-electron chi connectivity index (χ1n) is 8.36. The van der Waals surface area contributed by atoms with Crippen LogP contribution in [0.2, 0.25) is 0 Å². The van der Waals surface area contributed by atoms with Crippen molar-refractivity contribution in [2.24, 2.45) is 0 Å². The largest absolute Gasteiger partial charge is 0.368 e. The number of nitrogen functional groups attached to an aromatic ring is 1. The van der Waals surface area contributed by atoms with E-state index in [9.17, 15) is 4.79 Å². The summed E-state index contributed by atoms with van der Waals surface area (Å²) in [5.41, 5.74) is 8.55. The van der Waals surface area contributed by atoms with Gasteiger partial charge in [0, 0.05) is 11.4 Å². The Kier molecular flexibility index (Phi) is 6.22. The van der Waals surface area contributed by atoms with Crippen molar-refractivity contribution in [3.63, 3.8) is 0 Å². The highest BCUT2D eigenvalue weighted by molar-refractivity contribution is 7.99. The second-order valence-electron chi connectivity index (χ2n) is 5.78. The predicted octanol–water partition coefficient (Wildman–Crippen LogP) is 3.38. The van der Waals surface area contributed by atoms with Gasteiger partial charge in [0.25, 0.3) is 0 Å². The molecule has 4 N–H and O–H groups in total. The third kappa shape index (κ3) is 5.68. The Labute approximate surface area is 161 Å². The number of hydrogen-bond donors (Lipinski definition) is 3. The molecule has 0 aliphatic heterocycles. The van der Waals surface area contributed by atoms with Gasteiger partial charge in [-0.05, 0) is 30.7 Å². The highest BCUT2D eigenvalue weighted by Gasteiger charge is 2.08. The van der Waals surface area contributed by atoms with Crippen LogP contribution in [-0.4, -0.2) is 26.6 Å². The van der Waals surface area contributed by atoms with E-state index in [1.807, 2.05) is 61.5 Å². The molecule has 0 unspecified atom stereocenters. The van der Waals surface area contributed by atoms with Crippen LogP contribution in [0.5, 0.6) is 0 Å². The number of benzene rings is 2. The van der Waals surface area contributed by atoms with Crippen molar-refractivity contribution in [3.8, 4) is 0 Å². The molecule has 2 aromatic carbocycles. The maximum atomic E-state index is 12.0. The van der Waals surface area contributed by atoms with Crippen molar-refractivity contribution in [1.29, 1.82) is 0 Å². The van der Waals surface area contributed by atoms with Crippen LogP contribution in [0.15, 0.2) is 54.6 Å². The molecule has 0 saturated heterocycles. The summed E-state index contributed by atoms with van der Waals surface area (Å²) >= 11 is 1.41. The molecule has 1 amide bonds. The van der Waals surface area contributed by atoms with Gasteiger partial charge in [-0.1, -0.05) is 36.4 Å². The number of para-hydroxylation sites is 2. The zero-order chi connectivity index (χ0) is 19.1. The van der Waals surface area contributed by atoms with Gasteiger partial charge >= 0.3 is 0 Å². The van der Waals surface area contributed by atoms with Crippen LogP contribution in [0.25, 0.3) is 0 Å². The number of nitrogens with one attached hydrogen (secondary N) is 2. The zero-order valence-electron chi connectivity index (χ0n) is 14.8. The lowest BCUT2D eigenvalue weighted by molar-refractivity contribution is -0.113. The van der Waals surface area contributed by atoms with Gasteiger partial charge in [0.05, 0.1) is 11.5 Å². The lowest BCUT2D eigenvalue weighted by Crippen LogP contribution is -2.14. The molecule has 0 aliphatic rings. The summed E-state index contributed by atoms with van der Waals surface area (Å²) in [6, 6.07) is 17.2. The fourth-order valence-electron chi connectivity index (χ4n) is 2.35. The third-order valence-corrected chi connectivity index (χ3v) is 4.54. The third-order valence-electron chi connectivity index (χ3n) is 3.61. The van der Waals surface area contributed by atoms with Crippen molar-refractivity contribution in [3.05, 3.63) is 66.0 Å². The average Bonchev–Trinajstić information content (AvgIpc) is 2.64. The molecule has 0 radical (unpaired) electrons. The molecule has 0 spiro atoms. The quantitative estimate of drug-likeness (QED) is 0.577. The molecule has 3 aromatic rings. The molecule has 7 nitrogen and oxygen atoms in total. The second kappa shape index (κ2) is 9.00. The van der Waals surface area contributed by atoms with Crippen LogP contribution in [-0.2, 0) is 10.5 Å². The number of nitrogens with two attached hydrogens (primary N) is 1. The minimum absolute atomic E-state index is 0.0773. The number of anilines is 4. The minimum Gasteiger partial charge on any atom is -0.368 e. The highest BCUT2D eigenvalue weighted by atomic mass is 32.2. The van der Waals surface area contributed by atoms with Crippen LogP contribution in [0.4, 0.5) is 23.3 Å². The zero-order valence-corrected chi connectivity index (χ0v) is 15.7. The number of aromatic nitrogens is 3. The first-order valence-corrected chi connectivity index (χ1v) is 9.51. The number of aryl methyl sites for hydroxylation is 1. The van der Waals surface area contributed by atoms with Gasteiger partial charge in [0.2, 0.25) is 17.8 Å². The molecular weight excluding hydrogens is 360 g/mol. The normalized spacial score (nSPS) is 10.4. The number of carbonyl (C=O) groups is 1. The van der Waals surface area contributed by atoms with E-state index in [1.54, 1.807) is 0 Å². The smallest absolute Gasteiger partial charge is 0.234 e. The van der Waals surface area contributed by atoms with Gasteiger partial charge in [0.1, 0.15) is 5.82 Å². The molecule has 0 bridgehead atoms. The summed E-state index contributed by atoms with van der Waals surface area (Å²) in [4.78, 5) is 24.6. The number of hydrogen-bond acceptors (Lipinski definition) is 7. The summed E-state index contributed by atoms with van der Waals surface area (Å²) in [6.45, 7) is 2.00. The summed E-state index contributed by atoms with van der Waals surface area (Å²) in [7, 11) is 0. The first kappa shape index (κ1) is 18.7. The fourth-order valence-corrected chi connectivity index (χ4v) is 3.02. The summed E-state index contributed by atoms with van der Waals surface area (Å²) < 4.78 is 0. The van der Waals surface area contributed by atoms with Crippen molar-refractivity contribution in [2.75, 3.05) is 22.1 Å². The first-order chi connectivity index (χ1) is 13.1. The molecule has 138 valence electrons. The Morgan fingerprint density at radius 2 is 1.78 bits per heavy atom. The van der Waals surface area contributed by atoms with E-state index in [4.69, 9.17) is 5.73 Å². The number of rotatable bonds is 7. The van der Waals surface area contributed by atoms with Crippen LogP contribution >= 0.6 is 11.8 Å². The van der Waals surface area contributed by atoms with E-state index in [0.29, 0.717) is 23.3 Å². The topological polar surface area (TPSA) is 106 Å². The molecule has 8 heteroatoms. The lowest BCUT2D eigenvalue weighted by atomic mass is 10.2. The fraction of sp³-hybridized carbons (Fsp3) is 0.158. The number of carbonyl (C=O) groups excluding carboxylic acids is 1. The molecular formula is C19H20N6OS. The van der Waals surface area contributed by atoms with Crippen molar-refractivity contribution in [2.45, 2.75) is 12.7 Å². The Morgan fingerprint density at radius 1 is 1.04 bits per heavy atom. The van der Waals surface area contributed by atoms with Gasteiger partial charge in [-0.15, -0.1) is 11.8 Å². The monoisotopic (exact) mass is 380 g/mol. The Morgan fingerprint density at radius 3 is 2.56 bits per heavy atom. The maximum absolute atomic E-state index is 12.0. The Balaban J connectivity index is 1.56. The molecule has 0 saturated carbocycles. The van der Waals surface area contributed by atoms with E-state index in [2.05, 4.69) is 25.6 Å². The standard InChI is InChI=1S/C19H20N6OS/c1-13-7-5-6-10-15(13)22-19-24-16(23-18(20)25-19)11-27-12-17(26)21-14-8-3-2-4-9-14/h2-10H,11-12H2,1H3,(H,21,26)(H3,20,22,23,24,25). The van der Waals surface area contributed by atoms with E-state index in [1.165, 1.54) is 11.8 Å². The van der Waals surface area contributed by atoms with Gasteiger partial charge in [-0.2, -0.15) is 15.0 Å². The lowest BCUT2D eigenvalue weighted by Gasteiger charge is -2.09. The summed E-state index contributed by atoms with van der Waals surface area (Å²) in [5, 5.41) is 5.99. The highest BCUT2D eigenvalue weighted by Crippen LogP contribution is 2.19. The van der Waals surface area contributed by atoms with E-state index < -0.39 is 0 Å². The van der Waals surface area contributed by atoms with Gasteiger partial charge in [0.15, 0.2) is 0 Å². The molecule has 27 heavy (non-hydrogen) atoms. The van der Waals surface area contributed by atoms with Gasteiger partial charge in [-0.25, -0.2) is 0 Å². The van der Waals surface area contributed by atoms with Crippen molar-refractivity contribution >= 4 is 40.9 Å². The van der Waals surface area contributed by atoms with E-state index in [-0.39, 0.29) is 11.9 Å². The Hall–Kier alpha value is -3.13. The van der Waals surface area contributed by atoms with E-state index >= 15 is 0 Å². The molecule has 3 rings (SSSR count).